The van der Waals surface area contributed by atoms with E-state index in [0.717, 1.165) is 32.4 Å². The van der Waals surface area contributed by atoms with Crippen molar-refractivity contribution in [2.45, 2.75) is 57.4 Å². The van der Waals surface area contributed by atoms with Gasteiger partial charge in [0.1, 0.15) is 0 Å². The first kappa shape index (κ1) is 14.8. The third-order valence-corrected chi connectivity index (χ3v) is 4.74. The lowest BCUT2D eigenvalue weighted by Gasteiger charge is -2.23. The van der Waals surface area contributed by atoms with Crippen LogP contribution in [0.5, 0.6) is 0 Å². The molecule has 1 saturated carbocycles. The summed E-state index contributed by atoms with van der Waals surface area (Å²) < 4.78 is 0. The Kier molecular flexibility index (Phi) is 6.11. The average molecular weight is 268 g/mol. The van der Waals surface area contributed by atoms with Gasteiger partial charge in [0.2, 0.25) is 5.91 Å². The standard InChI is InChI=1S/C15H28N2O2/c18-11-13-5-3-4-12(13)10-17-15(19)8-7-14-6-1-2-9-16-14/h12-14,16,18H,1-11H2,(H,17,19). The fourth-order valence-corrected chi connectivity index (χ4v) is 3.43. The Hall–Kier alpha value is -0.610. The predicted molar refractivity (Wildman–Crippen MR) is 75.8 cm³/mol. The molecule has 1 aliphatic heterocycles. The number of hydrogen-bond donors (Lipinski definition) is 3. The van der Waals surface area contributed by atoms with Crippen LogP contribution in [0.1, 0.15) is 51.4 Å². The highest BCUT2D eigenvalue weighted by Crippen LogP contribution is 2.30. The van der Waals surface area contributed by atoms with E-state index in [9.17, 15) is 9.90 Å². The van der Waals surface area contributed by atoms with Crippen LogP contribution in [0, 0.1) is 11.8 Å². The minimum Gasteiger partial charge on any atom is -0.396 e. The number of aliphatic hydroxyl groups excluding tert-OH is 1. The molecule has 1 saturated heterocycles. The van der Waals surface area contributed by atoms with E-state index in [2.05, 4.69) is 10.6 Å². The van der Waals surface area contributed by atoms with Gasteiger partial charge in [-0.25, -0.2) is 0 Å². The summed E-state index contributed by atoms with van der Waals surface area (Å²) in [4.78, 5) is 11.8. The summed E-state index contributed by atoms with van der Waals surface area (Å²) in [6, 6.07) is 0.538. The van der Waals surface area contributed by atoms with Gasteiger partial charge in [0.05, 0.1) is 0 Å². The first-order valence-corrected chi connectivity index (χ1v) is 7.90. The van der Waals surface area contributed by atoms with E-state index in [1.165, 1.54) is 25.7 Å². The van der Waals surface area contributed by atoms with Crippen LogP contribution in [0.4, 0.5) is 0 Å². The molecule has 1 amide bonds. The highest BCUT2D eigenvalue weighted by atomic mass is 16.3. The SMILES string of the molecule is O=C(CCC1CCCCN1)NCC1CCCC1CO. The fourth-order valence-electron chi connectivity index (χ4n) is 3.43. The molecule has 0 aromatic rings. The molecular formula is C15H28N2O2. The molecular weight excluding hydrogens is 240 g/mol. The summed E-state index contributed by atoms with van der Waals surface area (Å²) in [5, 5.41) is 15.8. The van der Waals surface area contributed by atoms with E-state index in [4.69, 9.17) is 0 Å². The van der Waals surface area contributed by atoms with Crippen molar-refractivity contribution in [2.75, 3.05) is 19.7 Å². The van der Waals surface area contributed by atoms with Crippen molar-refractivity contribution < 1.29 is 9.90 Å². The number of carbonyl (C=O) groups excluding carboxylic acids is 1. The van der Waals surface area contributed by atoms with Crippen LogP contribution in [-0.4, -0.2) is 36.8 Å². The Morgan fingerprint density at radius 2 is 2.00 bits per heavy atom. The van der Waals surface area contributed by atoms with Gasteiger partial charge in [-0.05, 0) is 50.5 Å². The molecule has 19 heavy (non-hydrogen) atoms. The quantitative estimate of drug-likeness (QED) is 0.683. The monoisotopic (exact) mass is 268 g/mol. The van der Waals surface area contributed by atoms with Crippen LogP contribution in [0.15, 0.2) is 0 Å². The van der Waals surface area contributed by atoms with Crippen molar-refractivity contribution in [1.82, 2.24) is 10.6 Å². The molecule has 2 aliphatic rings. The highest BCUT2D eigenvalue weighted by molar-refractivity contribution is 5.75. The molecule has 4 heteroatoms. The number of carbonyl (C=O) groups is 1. The lowest BCUT2D eigenvalue weighted by molar-refractivity contribution is -0.121. The maximum Gasteiger partial charge on any atom is 0.220 e. The topological polar surface area (TPSA) is 61.4 Å². The molecule has 0 radical (unpaired) electrons. The second kappa shape index (κ2) is 7.85. The van der Waals surface area contributed by atoms with Gasteiger partial charge in [-0.2, -0.15) is 0 Å². The summed E-state index contributed by atoms with van der Waals surface area (Å²) in [6.07, 6.45) is 8.82. The molecule has 0 aromatic heterocycles. The molecule has 4 nitrogen and oxygen atoms in total. The van der Waals surface area contributed by atoms with Crippen LogP contribution in [0.25, 0.3) is 0 Å². The van der Waals surface area contributed by atoms with Crippen LogP contribution in [0.2, 0.25) is 0 Å². The number of aliphatic hydroxyl groups is 1. The molecule has 3 N–H and O–H groups in total. The highest BCUT2D eigenvalue weighted by Gasteiger charge is 2.26. The molecule has 1 heterocycles. The number of rotatable bonds is 6. The summed E-state index contributed by atoms with van der Waals surface area (Å²) in [5.41, 5.74) is 0. The molecule has 0 spiro atoms. The summed E-state index contributed by atoms with van der Waals surface area (Å²) in [7, 11) is 0. The van der Waals surface area contributed by atoms with Crippen LogP contribution in [0.3, 0.4) is 0 Å². The van der Waals surface area contributed by atoms with Gasteiger partial charge in [0.25, 0.3) is 0 Å². The first-order valence-electron chi connectivity index (χ1n) is 7.90. The predicted octanol–water partition coefficient (Wildman–Crippen LogP) is 1.43. The molecule has 110 valence electrons. The van der Waals surface area contributed by atoms with Gasteiger partial charge in [0, 0.05) is 25.6 Å². The van der Waals surface area contributed by atoms with E-state index < -0.39 is 0 Å². The zero-order valence-electron chi connectivity index (χ0n) is 11.9. The lowest BCUT2D eigenvalue weighted by atomic mass is 9.96. The molecule has 3 atom stereocenters. The van der Waals surface area contributed by atoms with E-state index in [1.54, 1.807) is 0 Å². The first-order chi connectivity index (χ1) is 9.29. The second-order valence-electron chi connectivity index (χ2n) is 6.12. The van der Waals surface area contributed by atoms with Crippen LogP contribution >= 0.6 is 0 Å². The van der Waals surface area contributed by atoms with E-state index in [-0.39, 0.29) is 12.5 Å². The maximum atomic E-state index is 11.8. The summed E-state index contributed by atoms with van der Waals surface area (Å²) in [5.74, 6) is 1.07. The van der Waals surface area contributed by atoms with Crippen molar-refractivity contribution >= 4 is 5.91 Å². The van der Waals surface area contributed by atoms with Gasteiger partial charge in [-0.1, -0.05) is 12.8 Å². The Balaban J connectivity index is 1.58. The molecule has 0 aromatic carbocycles. The number of piperidine rings is 1. The van der Waals surface area contributed by atoms with Crippen molar-refractivity contribution in [3.05, 3.63) is 0 Å². The van der Waals surface area contributed by atoms with Crippen molar-refractivity contribution in [2.24, 2.45) is 11.8 Å². The van der Waals surface area contributed by atoms with Gasteiger partial charge < -0.3 is 15.7 Å². The Bertz CT molecular complexity index is 277. The molecule has 2 fully saturated rings. The van der Waals surface area contributed by atoms with Crippen molar-refractivity contribution in [1.29, 1.82) is 0 Å². The zero-order chi connectivity index (χ0) is 13.5. The third-order valence-electron chi connectivity index (χ3n) is 4.74. The minimum absolute atomic E-state index is 0.177. The summed E-state index contributed by atoms with van der Waals surface area (Å²) in [6.45, 7) is 2.13. The normalized spacial score (nSPS) is 31.3. The fraction of sp³-hybridized carbons (Fsp3) is 0.933. The maximum absolute atomic E-state index is 11.8. The molecule has 1 aliphatic carbocycles. The second-order valence-corrected chi connectivity index (χ2v) is 6.12. The van der Waals surface area contributed by atoms with E-state index >= 15 is 0 Å². The molecule has 2 rings (SSSR count). The van der Waals surface area contributed by atoms with Gasteiger partial charge in [-0.15, -0.1) is 0 Å². The smallest absolute Gasteiger partial charge is 0.220 e. The number of amides is 1. The minimum atomic E-state index is 0.177. The van der Waals surface area contributed by atoms with E-state index in [0.29, 0.717) is 24.3 Å². The van der Waals surface area contributed by atoms with Gasteiger partial charge in [0.15, 0.2) is 0 Å². The van der Waals surface area contributed by atoms with Crippen LogP contribution < -0.4 is 10.6 Å². The van der Waals surface area contributed by atoms with Crippen molar-refractivity contribution in [3.8, 4) is 0 Å². The Morgan fingerprint density at radius 1 is 1.16 bits per heavy atom. The molecule has 0 bridgehead atoms. The Labute approximate surface area is 116 Å². The Morgan fingerprint density at radius 3 is 2.74 bits per heavy atom. The summed E-state index contributed by atoms with van der Waals surface area (Å²) >= 11 is 0. The average Bonchev–Trinajstić information content (AvgIpc) is 2.91. The van der Waals surface area contributed by atoms with Gasteiger partial charge in [-0.3, -0.25) is 4.79 Å². The zero-order valence-corrected chi connectivity index (χ0v) is 11.9. The number of nitrogens with one attached hydrogen (secondary N) is 2. The largest absolute Gasteiger partial charge is 0.396 e. The van der Waals surface area contributed by atoms with Crippen molar-refractivity contribution in [3.63, 3.8) is 0 Å². The number of hydrogen-bond acceptors (Lipinski definition) is 3. The van der Waals surface area contributed by atoms with E-state index in [1.807, 2.05) is 0 Å². The van der Waals surface area contributed by atoms with Crippen LogP contribution in [-0.2, 0) is 4.79 Å². The lowest BCUT2D eigenvalue weighted by Crippen LogP contribution is -2.36. The van der Waals surface area contributed by atoms with Gasteiger partial charge >= 0.3 is 0 Å². The molecule has 3 unspecified atom stereocenters. The third kappa shape index (κ3) is 4.77.